The molecule has 0 fully saturated rings. The van der Waals surface area contributed by atoms with E-state index in [1.165, 1.54) is 22.9 Å². The molecule has 0 bridgehead atoms. The fraction of sp³-hybridized carbons (Fsp3) is 0.185. The molecule has 3 heterocycles. The smallest absolute Gasteiger partial charge is 0.234 e. The molecule has 6 rings (SSSR count). The Labute approximate surface area is 210 Å². The van der Waals surface area contributed by atoms with Gasteiger partial charge in [0.1, 0.15) is 21.9 Å². The fourth-order valence-electron chi connectivity index (χ4n) is 4.65. The van der Waals surface area contributed by atoms with Gasteiger partial charge in [0.15, 0.2) is 0 Å². The molecule has 6 nitrogen and oxygen atoms in total. The molecule has 0 spiro atoms. The number of methoxy groups -OCH3 is 1. The molecule has 0 radical (unpaired) electrons. The number of benzene rings is 2. The molecule has 0 saturated heterocycles. The molecule has 0 saturated carbocycles. The van der Waals surface area contributed by atoms with Gasteiger partial charge in [0, 0.05) is 22.7 Å². The molecule has 1 aliphatic rings. The number of thiophene rings is 1. The van der Waals surface area contributed by atoms with Gasteiger partial charge < -0.3 is 10.1 Å². The number of nitrogens with one attached hydrogen (secondary N) is 1. The van der Waals surface area contributed by atoms with E-state index in [1.54, 1.807) is 30.8 Å². The number of thioether (sulfide) groups is 1. The third kappa shape index (κ3) is 4.13. The second-order valence-corrected chi connectivity index (χ2v) is 10.3. The highest BCUT2D eigenvalue weighted by molar-refractivity contribution is 8.00. The van der Waals surface area contributed by atoms with Crippen molar-refractivity contribution < 1.29 is 9.53 Å². The van der Waals surface area contributed by atoms with Crippen molar-refractivity contribution >= 4 is 55.1 Å². The number of ether oxygens (including phenoxy) is 1. The molecular weight excluding hydrogens is 476 g/mol. The lowest BCUT2D eigenvalue weighted by Crippen LogP contribution is -2.14. The summed E-state index contributed by atoms with van der Waals surface area (Å²) in [6.07, 6.45) is 4.81. The third-order valence-electron chi connectivity index (χ3n) is 6.18. The Kier molecular flexibility index (Phi) is 5.83. The minimum Gasteiger partial charge on any atom is -0.497 e. The molecular formula is C27H22N4O2S2. The summed E-state index contributed by atoms with van der Waals surface area (Å²) in [5, 5.41) is 4.90. The zero-order valence-corrected chi connectivity index (χ0v) is 20.7. The SMILES string of the molecule is COc1cccc(NC(=O)CSc2ncnc3c2sc2nc(-c4ccccc4)c4c(c23)CCC4)c1. The van der Waals surface area contributed by atoms with E-state index in [0.29, 0.717) is 11.4 Å². The number of aryl methyl sites for hydroxylation is 1. The van der Waals surface area contributed by atoms with Crippen molar-refractivity contribution in [2.75, 3.05) is 18.2 Å². The van der Waals surface area contributed by atoms with Gasteiger partial charge in [-0.2, -0.15) is 0 Å². The van der Waals surface area contributed by atoms with Crippen LogP contribution in [-0.4, -0.2) is 33.7 Å². The van der Waals surface area contributed by atoms with Crippen molar-refractivity contribution in [3.05, 3.63) is 72.1 Å². The van der Waals surface area contributed by atoms with Crippen LogP contribution in [0.25, 0.3) is 31.7 Å². The van der Waals surface area contributed by atoms with E-state index < -0.39 is 0 Å². The number of hydrogen-bond donors (Lipinski definition) is 1. The number of aromatic nitrogens is 3. The van der Waals surface area contributed by atoms with Crippen LogP contribution in [0.3, 0.4) is 0 Å². The van der Waals surface area contributed by atoms with E-state index in [-0.39, 0.29) is 11.7 Å². The summed E-state index contributed by atoms with van der Waals surface area (Å²) in [7, 11) is 1.61. The van der Waals surface area contributed by atoms with Gasteiger partial charge in [0.05, 0.1) is 28.8 Å². The van der Waals surface area contributed by atoms with Crippen molar-refractivity contribution in [2.45, 2.75) is 24.3 Å². The molecule has 0 unspecified atom stereocenters. The van der Waals surface area contributed by atoms with Gasteiger partial charge in [-0.25, -0.2) is 15.0 Å². The summed E-state index contributed by atoms with van der Waals surface area (Å²) in [6, 6.07) is 17.7. The zero-order chi connectivity index (χ0) is 23.8. The second kappa shape index (κ2) is 9.28. The monoisotopic (exact) mass is 498 g/mol. The first-order chi connectivity index (χ1) is 17.2. The van der Waals surface area contributed by atoms with E-state index >= 15 is 0 Å². The second-order valence-electron chi connectivity index (χ2n) is 8.34. The molecule has 5 aromatic rings. The highest BCUT2D eigenvalue weighted by Gasteiger charge is 2.25. The zero-order valence-electron chi connectivity index (χ0n) is 19.1. The van der Waals surface area contributed by atoms with Crippen molar-refractivity contribution in [1.29, 1.82) is 0 Å². The van der Waals surface area contributed by atoms with Crippen LogP contribution in [0.1, 0.15) is 17.5 Å². The number of anilines is 1. The van der Waals surface area contributed by atoms with Crippen LogP contribution in [0.15, 0.2) is 66.0 Å². The Bertz CT molecular complexity index is 1570. The van der Waals surface area contributed by atoms with E-state index in [1.807, 2.05) is 24.3 Å². The van der Waals surface area contributed by atoms with Crippen molar-refractivity contribution in [2.24, 2.45) is 0 Å². The molecule has 1 aliphatic carbocycles. The van der Waals surface area contributed by atoms with Crippen LogP contribution in [-0.2, 0) is 17.6 Å². The average Bonchev–Trinajstić information content (AvgIpc) is 3.52. The van der Waals surface area contributed by atoms with Crippen molar-refractivity contribution in [1.82, 2.24) is 15.0 Å². The molecule has 0 atom stereocenters. The Morgan fingerprint density at radius 3 is 2.80 bits per heavy atom. The first-order valence-electron chi connectivity index (χ1n) is 11.4. The summed E-state index contributed by atoms with van der Waals surface area (Å²) in [6.45, 7) is 0. The first-order valence-corrected chi connectivity index (χ1v) is 13.2. The summed E-state index contributed by atoms with van der Waals surface area (Å²) in [5.41, 5.74) is 6.59. The minimum absolute atomic E-state index is 0.0958. The highest BCUT2D eigenvalue weighted by atomic mass is 32.2. The van der Waals surface area contributed by atoms with Gasteiger partial charge in [-0.05, 0) is 42.5 Å². The molecule has 0 aliphatic heterocycles. The van der Waals surface area contributed by atoms with Gasteiger partial charge >= 0.3 is 0 Å². The quantitative estimate of drug-likeness (QED) is 0.224. The lowest BCUT2D eigenvalue weighted by molar-refractivity contribution is -0.113. The predicted octanol–water partition coefficient (Wildman–Crippen LogP) is 6.13. The van der Waals surface area contributed by atoms with Crippen molar-refractivity contribution in [3.8, 4) is 17.0 Å². The third-order valence-corrected chi connectivity index (χ3v) is 8.38. The number of nitrogens with zero attached hydrogens (tertiary/aromatic N) is 3. The lowest BCUT2D eigenvalue weighted by Gasteiger charge is -2.09. The molecule has 8 heteroatoms. The average molecular weight is 499 g/mol. The first kappa shape index (κ1) is 22.0. The number of carbonyl (C=O) groups is 1. The number of pyridine rings is 1. The Morgan fingerprint density at radius 1 is 1.09 bits per heavy atom. The molecule has 1 amide bonds. The summed E-state index contributed by atoms with van der Waals surface area (Å²) in [4.78, 5) is 27.9. The maximum absolute atomic E-state index is 12.6. The number of carbonyl (C=O) groups excluding carboxylic acids is 1. The van der Waals surface area contributed by atoms with E-state index in [2.05, 4.69) is 39.6 Å². The van der Waals surface area contributed by atoms with Crippen molar-refractivity contribution in [3.63, 3.8) is 0 Å². The van der Waals surface area contributed by atoms with Gasteiger partial charge in [0.25, 0.3) is 0 Å². The summed E-state index contributed by atoms with van der Waals surface area (Å²) < 4.78 is 6.23. The van der Waals surface area contributed by atoms with Crippen LogP contribution in [0, 0.1) is 0 Å². The number of rotatable bonds is 6. The molecule has 1 N–H and O–H groups in total. The minimum atomic E-state index is -0.0958. The van der Waals surface area contributed by atoms with Gasteiger partial charge in [0.2, 0.25) is 5.91 Å². The molecule has 3 aromatic heterocycles. The molecule has 174 valence electrons. The Balaban J connectivity index is 1.33. The topological polar surface area (TPSA) is 77.0 Å². The molecule has 2 aromatic carbocycles. The van der Waals surface area contributed by atoms with Gasteiger partial charge in [-0.15, -0.1) is 11.3 Å². The Morgan fingerprint density at radius 2 is 1.94 bits per heavy atom. The lowest BCUT2D eigenvalue weighted by atomic mass is 10.0. The van der Waals surface area contributed by atoms with E-state index in [0.717, 1.165) is 56.0 Å². The number of amides is 1. The van der Waals surface area contributed by atoms with Crippen LogP contribution >= 0.6 is 23.1 Å². The van der Waals surface area contributed by atoms with Crippen LogP contribution in [0.2, 0.25) is 0 Å². The predicted molar refractivity (Wildman–Crippen MR) is 143 cm³/mol. The van der Waals surface area contributed by atoms with Crippen LogP contribution < -0.4 is 10.1 Å². The molecule has 35 heavy (non-hydrogen) atoms. The maximum atomic E-state index is 12.6. The Hall–Kier alpha value is -3.49. The number of fused-ring (bicyclic) bond motifs is 5. The number of hydrogen-bond acceptors (Lipinski definition) is 7. The maximum Gasteiger partial charge on any atom is 0.234 e. The largest absolute Gasteiger partial charge is 0.497 e. The van der Waals surface area contributed by atoms with Gasteiger partial charge in [-0.3, -0.25) is 4.79 Å². The highest BCUT2D eigenvalue weighted by Crippen LogP contribution is 2.43. The normalized spacial score (nSPS) is 12.7. The van der Waals surface area contributed by atoms with E-state index in [4.69, 9.17) is 9.72 Å². The van der Waals surface area contributed by atoms with Crippen LogP contribution in [0.5, 0.6) is 5.75 Å². The standard InChI is InChI=1S/C27H22N4O2S2/c1-33-18-10-5-9-17(13-18)30-21(32)14-34-27-25-24(28-15-29-27)22-19-11-6-12-20(19)23(31-26(22)35-25)16-7-3-2-4-8-16/h2-5,7-10,13,15H,6,11-12,14H2,1H3,(H,30,32). The fourth-order valence-corrected chi connectivity index (χ4v) is 6.68. The van der Waals surface area contributed by atoms with Gasteiger partial charge in [-0.1, -0.05) is 48.2 Å². The summed E-state index contributed by atoms with van der Waals surface area (Å²) in [5.74, 6) is 0.855. The van der Waals surface area contributed by atoms with Crippen LogP contribution in [0.4, 0.5) is 5.69 Å². The van der Waals surface area contributed by atoms with E-state index in [9.17, 15) is 4.79 Å². The summed E-state index contributed by atoms with van der Waals surface area (Å²) >= 11 is 3.04.